The summed E-state index contributed by atoms with van der Waals surface area (Å²) in [6.45, 7) is 12.6. The van der Waals surface area contributed by atoms with Crippen LogP contribution in [0.2, 0.25) is 0 Å². The topological polar surface area (TPSA) is 25.2 Å². The molecule has 0 aliphatic carbocycles. The molecule has 3 heteroatoms. The van der Waals surface area contributed by atoms with Crippen molar-refractivity contribution < 1.29 is 4.79 Å². The van der Waals surface area contributed by atoms with E-state index in [-0.39, 0.29) is 5.91 Å². The maximum atomic E-state index is 12.6. The normalized spacial score (nSPS) is 17.3. The summed E-state index contributed by atoms with van der Waals surface area (Å²) in [7, 11) is 0. The highest BCUT2D eigenvalue weighted by Gasteiger charge is 2.24. The van der Waals surface area contributed by atoms with E-state index >= 15 is 0 Å². The highest BCUT2D eigenvalue weighted by Crippen LogP contribution is 2.24. The Balaban J connectivity index is 2.22. The summed E-state index contributed by atoms with van der Waals surface area (Å²) in [4.78, 5) is 14.6. The van der Waals surface area contributed by atoms with Crippen molar-refractivity contribution in [3.8, 4) is 0 Å². The van der Waals surface area contributed by atoms with Gasteiger partial charge in [-0.15, -0.1) is 0 Å². The Bertz CT molecular complexity index is 465. The quantitative estimate of drug-likeness (QED) is 0.800. The van der Waals surface area contributed by atoms with Crippen LogP contribution < -0.4 is 0 Å². The van der Waals surface area contributed by atoms with E-state index in [4.69, 9.17) is 0 Å². The SMILES string of the molecule is Cc1cc(C(=O)N2CCC(C)CC2)c(C)n1C(C)C. The van der Waals surface area contributed by atoms with Crippen molar-refractivity contribution in [3.05, 3.63) is 23.0 Å². The van der Waals surface area contributed by atoms with E-state index in [0.717, 1.165) is 43.1 Å². The zero-order chi connectivity index (χ0) is 14.2. The lowest BCUT2D eigenvalue weighted by molar-refractivity contribution is 0.0696. The Hall–Kier alpha value is -1.25. The van der Waals surface area contributed by atoms with Crippen molar-refractivity contribution in [2.45, 2.75) is 53.5 Å². The standard InChI is InChI=1S/C16H26N2O/c1-11(2)18-13(4)10-15(14(18)5)16(19)17-8-6-12(3)7-9-17/h10-12H,6-9H2,1-5H3. The monoisotopic (exact) mass is 262 g/mol. The molecule has 0 atom stereocenters. The molecule has 1 saturated heterocycles. The van der Waals surface area contributed by atoms with Gasteiger partial charge in [-0.3, -0.25) is 4.79 Å². The molecule has 3 nitrogen and oxygen atoms in total. The third kappa shape index (κ3) is 2.70. The highest BCUT2D eigenvalue weighted by atomic mass is 16.2. The first kappa shape index (κ1) is 14.2. The smallest absolute Gasteiger partial charge is 0.255 e. The van der Waals surface area contributed by atoms with Gasteiger partial charge in [-0.1, -0.05) is 6.92 Å². The van der Waals surface area contributed by atoms with Gasteiger partial charge in [-0.2, -0.15) is 0 Å². The van der Waals surface area contributed by atoms with Crippen LogP contribution in [0, 0.1) is 19.8 Å². The van der Waals surface area contributed by atoms with Crippen molar-refractivity contribution in [2.24, 2.45) is 5.92 Å². The molecule has 0 saturated carbocycles. The fourth-order valence-corrected chi connectivity index (χ4v) is 3.17. The van der Waals surface area contributed by atoms with Gasteiger partial charge >= 0.3 is 0 Å². The number of carbonyl (C=O) groups is 1. The van der Waals surface area contributed by atoms with Crippen molar-refractivity contribution in [1.82, 2.24) is 9.47 Å². The molecule has 1 aliphatic heterocycles. The van der Waals surface area contributed by atoms with Gasteiger partial charge in [0.05, 0.1) is 5.56 Å². The van der Waals surface area contributed by atoms with Crippen LogP contribution in [0.15, 0.2) is 6.07 Å². The molecule has 0 aromatic carbocycles. The summed E-state index contributed by atoms with van der Waals surface area (Å²) in [6, 6.07) is 2.46. The predicted octanol–water partition coefficient (Wildman–Crippen LogP) is 3.56. The van der Waals surface area contributed by atoms with Crippen molar-refractivity contribution >= 4 is 5.91 Å². The number of rotatable bonds is 2. The summed E-state index contributed by atoms with van der Waals surface area (Å²) in [5.41, 5.74) is 3.18. The van der Waals surface area contributed by atoms with Crippen molar-refractivity contribution in [3.63, 3.8) is 0 Å². The summed E-state index contributed by atoms with van der Waals surface area (Å²) in [6.07, 6.45) is 2.27. The number of likely N-dealkylation sites (tertiary alicyclic amines) is 1. The van der Waals surface area contributed by atoms with E-state index in [9.17, 15) is 4.79 Å². The van der Waals surface area contributed by atoms with Gasteiger partial charge < -0.3 is 9.47 Å². The number of carbonyl (C=O) groups excluding carboxylic acids is 1. The fraction of sp³-hybridized carbons (Fsp3) is 0.688. The van der Waals surface area contributed by atoms with E-state index in [2.05, 4.69) is 45.3 Å². The van der Waals surface area contributed by atoms with Gasteiger partial charge in [0.1, 0.15) is 0 Å². The van der Waals surface area contributed by atoms with Crippen LogP contribution in [0.25, 0.3) is 0 Å². The van der Waals surface area contributed by atoms with E-state index in [1.165, 1.54) is 5.69 Å². The highest BCUT2D eigenvalue weighted by molar-refractivity contribution is 5.95. The van der Waals surface area contributed by atoms with Gasteiger partial charge in [0, 0.05) is 30.5 Å². The van der Waals surface area contributed by atoms with Gasteiger partial charge in [-0.05, 0) is 52.5 Å². The first-order valence-electron chi connectivity index (χ1n) is 7.39. The molecule has 1 amide bonds. The summed E-state index contributed by atoms with van der Waals surface area (Å²) in [5.74, 6) is 0.971. The van der Waals surface area contributed by atoms with Crippen LogP contribution in [0.1, 0.15) is 61.4 Å². The van der Waals surface area contributed by atoms with Gasteiger partial charge in [0.15, 0.2) is 0 Å². The van der Waals surface area contributed by atoms with Crippen LogP contribution in [-0.4, -0.2) is 28.5 Å². The summed E-state index contributed by atoms with van der Waals surface area (Å²) in [5, 5.41) is 0. The summed E-state index contributed by atoms with van der Waals surface area (Å²) < 4.78 is 2.25. The second kappa shape index (κ2) is 5.40. The Morgan fingerprint density at radius 3 is 2.32 bits per heavy atom. The van der Waals surface area contributed by atoms with Crippen LogP contribution in [0.5, 0.6) is 0 Å². The van der Waals surface area contributed by atoms with Crippen molar-refractivity contribution in [1.29, 1.82) is 0 Å². The Labute approximate surface area is 116 Å². The van der Waals surface area contributed by atoms with Gasteiger partial charge in [0.2, 0.25) is 0 Å². The van der Waals surface area contributed by atoms with E-state index in [0.29, 0.717) is 6.04 Å². The molecule has 0 bridgehead atoms. The maximum Gasteiger partial charge on any atom is 0.255 e. The lowest BCUT2D eigenvalue weighted by Crippen LogP contribution is -2.38. The zero-order valence-corrected chi connectivity index (χ0v) is 12.9. The number of piperidine rings is 1. The molecule has 106 valence electrons. The van der Waals surface area contributed by atoms with E-state index in [1.54, 1.807) is 0 Å². The number of aryl methyl sites for hydroxylation is 1. The molecular weight excluding hydrogens is 236 g/mol. The lowest BCUT2D eigenvalue weighted by atomic mass is 9.98. The number of aromatic nitrogens is 1. The molecular formula is C16H26N2O. The Morgan fingerprint density at radius 1 is 1.26 bits per heavy atom. The minimum absolute atomic E-state index is 0.215. The predicted molar refractivity (Wildman–Crippen MR) is 78.6 cm³/mol. The first-order valence-corrected chi connectivity index (χ1v) is 7.39. The molecule has 1 aromatic heterocycles. The van der Waals surface area contributed by atoms with Crippen LogP contribution in [0.3, 0.4) is 0 Å². The molecule has 1 aliphatic rings. The van der Waals surface area contributed by atoms with Crippen molar-refractivity contribution in [2.75, 3.05) is 13.1 Å². The number of amides is 1. The molecule has 0 N–H and O–H groups in total. The lowest BCUT2D eigenvalue weighted by Gasteiger charge is -2.30. The van der Waals surface area contributed by atoms with E-state index < -0.39 is 0 Å². The van der Waals surface area contributed by atoms with Crippen LogP contribution in [0.4, 0.5) is 0 Å². The number of hydrogen-bond donors (Lipinski definition) is 0. The summed E-state index contributed by atoms with van der Waals surface area (Å²) >= 11 is 0. The van der Waals surface area contributed by atoms with E-state index in [1.807, 2.05) is 4.90 Å². The second-order valence-corrected chi connectivity index (χ2v) is 6.22. The minimum Gasteiger partial charge on any atom is -0.346 e. The third-order valence-corrected chi connectivity index (χ3v) is 4.30. The molecule has 0 radical (unpaired) electrons. The molecule has 2 rings (SSSR count). The van der Waals surface area contributed by atoms with Gasteiger partial charge in [0.25, 0.3) is 5.91 Å². The average Bonchev–Trinajstić information content (AvgIpc) is 2.65. The van der Waals surface area contributed by atoms with Crippen LogP contribution in [-0.2, 0) is 0 Å². The Morgan fingerprint density at radius 2 is 1.84 bits per heavy atom. The van der Waals surface area contributed by atoms with Gasteiger partial charge in [-0.25, -0.2) is 0 Å². The third-order valence-electron chi connectivity index (χ3n) is 4.30. The molecule has 19 heavy (non-hydrogen) atoms. The molecule has 1 fully saturated rings. The zero-order valence-electron chi connectivity index (χ0n) is 12.9. The average molecular weight is 262 g/mol. The van der Waals surface area contributed by atoms with Crippen LogP contribution >= 0.6 is 0 Å². The number of nitrogens with zero attached hydrogens (tertiary/aromatic N) is 2. The Kier molecular flexibility index (Phi) is 4.02. The second-order valence-electron chi connectivity index (χ2n) is 6.22. The molecule has 1 aromatic rings. The largest absolute Gasteiger partial charge is 0.346 e. The first-order chi connectivity index (χ1) is 8.91. The maximum absolute atomic E-state index is 12.6. The fourth-order valence-electron chi connectivity index (χ4n) is 3.17. The molecule has 0 unspecified atom stereocenters. The molecule has 2 heterocycles. The molecule has 0 spiro atoms. The minimum atomic E-state index is 0.215. The number of hydrogen-bond acceptors (Lipinski definition) is 1.